The maximum atomic E-state index is 12.2. The van der Waals surface area contributed by atoms with Crippen LogP contribution in [0.15, 0.2) is 66.7 Å². The first-order valence-corrected chi connectivity index (χ1v) is 15.2. The highest BCUT2D eigenvalue weighted by molar-refractivity contribution is 8.15. The van der Waals surface area contributed by atoms with Crippen molar-refractivity contribution in [1.82, 2.24) is 5.32 Å². The summed E-state index contributed by atoms with van der Waals surface area (Å²) in [5.41, 5.74) is 6.22. The van der Waals surface area contributed by atoms with Crippen molar-refractivity contribution >= 4 is 33.7 Å². The van der Waals surface area contributed by atoms with Gasteiger partial charge in [-0.15, -0.1) is 0 Å². The topological polar surface area (TPSA) is 73.9 Å². The Hall–Kier alpha value is -3.97. The largest absolute Gasteiger partial charge is 0.489 e. The van der Waals surface area contributed by atoms with Crippen LogP contribution in [-0.2, 0) is 24.2 Å². The molecule has 2 amide bonds. The lowest BCUT2D eigenvalue weighted by Gasteiger charge is -2.38. The van der Waals surface area contributed by atoms with Gasteiger partial charge in [0.2, 0.25) is 5.91 Å². The highest BCUT2D eigenvalue weighted by atomic mass is 32.2. The van der Waals surface area contributed by atoms with E-state index in [4.69, 9.17) is 14.2 Å². The minimum atomic E-state index is -0.498. The van der Waals surface area contributed by atoms with Crippen LogP contribution in [0.4, 0.5) is 4.79 Å². The van der Waals surface area contributed by atoms with Gasteiger partial charge in [0.25, 0.3) is 5.24 Å². The van der Waals surface area contributed by atoms with Crippen molar-refractivity contribution in [3.05, 3.63) is 100 Å². The van der Waals surface area contributed by atoms with E-state index >= 15 is 0 Å². The Morgan fingerprint density at radius 3 is 2.38 bits per heavy atom. The van der Waals surface area contributed by atoms with Gasteiger partial charge in [-0.3, -0.25) is 14.9 Å². The number of rotatable bonds is 8. The van der Waals surface area contributed by atoms with Crippen LogP contribution < -0.4 is 19.5 Å². The zero-order chi connectivity index (χ0) is 29.4. The monoisotopic (exact) mass is 581 g/mol. The van der Waals surface area contributed by atoms with Crippen molar-refractivity contribution in [3.63, 3.8) is 0 Å². The zero-order valence-electron chi connectivity index (χ0n) is 24.4. The first kappa shape index (κ1) is 28.2. The van der Waals surface area contributed by atoms with Gasteiger partial charge in [-0.2, -0.15) is 0 Å². The summed E-state index contributed by atoms with van der Waals surface area (Å²) in [6.07, 6.45) is 2.18. The van der Waals surface area contributed by atoms with Gasteiger partial charge in [0.05, 0.1) is 5.25 Å². The fourth-order valence-electron chi connectivity index (χ4n) is 5.92. The fraction of sp³-hybridized carbons (Fsp3) is 0.314. The van der Waals surface area contributed by atoms with E-state index in [1.54, 1.807) is 0 Å². The molecule has 1 fully saturated rings. The highest BCUT2D eigenvalue weighted by Crippen LogP contribution is 2.44. The third kappa shape index (κ3) is 5.45. The van der Waals surface area contributed by atoms with Crippen LogP contribution in [0.1, 0.15) is 46.7 Å². The lowest BCUT2D eigenvalue weighted by Crippen LogP contribution is -2.42. The highest BCUT2D eigenvalue weighted by Gasteiger charge is 2.36. The standard InChI is InChI=1S/C35H35NO5S/c1-21-22(2)32-26(23(3)31(21)39-19-24-10-6-5-7-11-24)16-17-35(4,41-32)20-40-29-15-14-25(27-12-8-9-13-28(27)29)18-30-33(37)36-34(38)42-30/h5-15,30H,16-20H2,1-4H3,(H,36,37,38). The smallest absolute Gasteiger partial charge is 0.286 e. The zero-order valence-corrected chi connectivity index (χ0v) is 25.2. The summed E-state index contributed by atoms with van der Waals surface area (Å²) in [7, 11) is 0. The summed E-state index contributed by atoms with van der Waals surface area (Å²) in [5.74, 6) is 2.44. The predicted molar refractivity (Wildman–Crippen MR) is 167 cm³/mol. The van der Waals surface area contributed by atoms with Crippen LogP contribution in [0.2, 0.25) is 0 Å². The van der Waals surface area contributed by atoms with Crippen molar-refractivity contribution in [2.75, 3.05) is 6.61 Å². The van der Waals surface area contributed by atoms with E-state index < -0.39 is 10.9 Å². The average Bonchev–Trinajstić information content (AvgIpc) is 3.31. The number of hydrogen-bond donors (Lipinski definition) is 1. The fourth-order valence-corrected chi connectivity index (χ4v) is 6.77. The summed E-state index contributed by atoms with van der Waals surface area (Å²) in [6, 6.07) is 22.2. The molecule has 6 nitrogen and oxygen atoms in total. The van der Waals surface area contributed by atoms with Crippen molar-refractivity contribution in [2.24, 2.45) is 0 Å². The molecule has 4 aromatic rings. The lowest BCUT2D eigenvalue weighted by molar-refractivity contribution is -0.118. The summed E-state index contributed by atoms with van der Waals surface area (Å²) in [6.45, 7) is 9.39. The molecule has 6 rings (SSSR count). The van der Waals surface area contributed by atoms with Gasteiger partial charge in [0.1, 0.15) is 36.1 Å². The number of fused-ring (bicyclic) bond motifs is 2. The van der Waals surface area contributed by atoms with Crippen molar-refractivity contribution in [3.8, 4) is 17.2 Å². The molecule has 42 heavy (non-hydrogen) atoms. The molecule has 0 spiro atoms. The molecule has 0 aliphatic carbocycles. The summed E-state index contributed by atoms with van der Waals surface area (Å²) in [5, 5.41) is 3.68. The Morgan fingerprint density at radius 1 is 0.905 bits per heavy atom. The second-order valence-corrected chi connectivity index (χ2v) is 12.7. The summed E-state index contributed by atoms with van der Waals surface area (Å²) < 4.78 is 19.5. The molecule has 0 saturated carbocycles. The third-order valence-corrected chi connectivity index (χ3v) is 9.45. The maximum Gasteiger partial charge on any atom is 0.286 e. The van der Waals surface area contributed by atoms with E-state index in [2.05, 4.69) is 45.1 Å². The molecule has 0 bridgehead atoms. The van der Waals surface area contributed by atoms with Gasteiger partial charge in [-0.1, -0.05) is 72.4 Å². The molecule has 2 unspecified atom stereocenters. The van der Waals surface area contributed by atoms with Crippen LogP contribution in [0.5, 0.6) is 17.2 Å². The Bertz CT molecular complexity index is 1680. The number of hydrogen-bond acceptors (Lipinski definition) is 6. The van der Waals surface area contributed by atoms with Gasteiger partial charge < -0.3 is 14.2 Å². The van der Waals surface area contributed by atoms with E-state index in [1.807, 2.05) is 54.6 Å². The van der Waals surface area contributed by atoms with Crippen molar-refractivity contribution in [2.45, 2.75) is 64.4 Å². The van der Waals surface area contributed by atoms with Crippen LogP contribution >= 0.6 is 11.8 Å². The molecule has 7 heteroatoms. The molecular weight excluding hydrogens is 546 g/mol. The first-order chi connectivity index (χ1) is 20.2. The third-order valence-electron chi connectivity index (χ3n) is 8.47. The Kier molecular flexibility index (Phi) is 7.62. The van der Waals surface area contributed by atoms with E-state index in [0.29, 0.717) is 19.6 Å². The van der Waals surface area contributed by atoms with Gasteiger partial charge in [0.15, 0.2) is 0 Å². The maximum absolute atomic E-state index is 12.2. The minimum absolute atomic E-state index is 0.229. The second kappa shape index (κ2) is 11.4. The van der Waals surface area contributed by atoms with Gasteiger partial charge >= 0.3 is 0 Å². The molecule has 0 radical (unpaired) electrons. The number of ether oxygens (including phenoxy) is 3. The summed E-state index contributed by atoms with van der Waals surface area (Å²) in [4.78, 5) is 23.8. The number of imide groups is 1. The normalized spacial score (nSPS) is 19.8. The molecule has 4 aromatic carbocycles. The van der Waals surface area contributed by atoms with Crippen LogP contribution in [-0.4, -0.2) is 28.6 Å². The molecule has 0 aromatic heterocycles. The van der Waals surface area contributed by atoms with E-state index in [1.165, 1.54) is 5.56 Å². The average molecular weight is 582 g/mol. The molecule has 2 aliphatic rings. The molecule has 2 heterocycles. The Labute approximate surface area is 250 Å². The molecule has 1 saturated heterocycles. The van der Waals surface area contributed by atoms with Crippen LogP contribution in [0, 0.1) is 20.8 Å². The first-order valence-electron chi connectivity index (χ1n) is 14.4. The second-order valence-electron chi connectivity index (χ2n) is 11.5. The quantitative estimate of drug-likeness (QED) is 0.234. The molecule has 2 aliphatic heterocycles. The molecule has 1 N–H and O–H groups in total. The van der Waals surface area contributed by atoms with Gasteiger partial charge in [0, 0.05) is 10.9 Å². The Balaban J connectivity index is 1.20. The number of carbonyl (C=O) groups excluding carboxylic acids is 2. The van der Waals surface area contributed by atoms with E-state index in [0.717, 1.165) is 80.4 Å². The van der Waals surface area contributed by atoms with Crippen LogP contribution in [0.25, 0.3) is 10.8 Å². The number of benzene rings is 4. The number of thioether (sulfide) groups is 1. The summed E-state index contributed by atoms with van der Waals surface area (Å²) >= 11 is 1.05. The van der Waals surface area contributed by atoms with E-state index in [9.17, 15) is 9.59 Å². The van der Waals surface area contributed by atoms with Gasteiger partial charge in [-0.25, -0.2) is 0 Å². The number of carbonyl (C=O) groups is 2. The van der Waals surface area contributed by atoms with E-state index in [-0.39, 0.29) is 11.1 Å². The Morgan fingerprint density at radius 2 is 1.64 bits per heavy atom. The lowest BCUT2D eigenvalue weighted by atomic mass is 9.87. The number of nitrogens with one attached hydrogen (secondary N) is 1. The number of amides is 2. The molecule has 2 atom stereocenters. The van der Waals surface area contributed by atoms with Crippen LogP contribution in [0.3, 0.4) is 0 Å². The minimum Gasteiger partial charge on any atom is -0.489 e. The van der Waals surface area contributed by atoms with Crippen molar-refractivity contribution < 1.29 is 23.8 Å². The molecule has 216 valence electrons. The molecular formula is C35H35NO5S. The van der Waals surface area contributed by atoms with Crippen molar-refractivity contribution in [1.29, 1.82) is 0 Å². The predicted octanol–water partition coefficient (Wildman–Crippen LogP) is 7.40. The van der Waals surface area contributed by atoms with Gasteiger partial charge in [-0.05, 0) is 86.2 Å². The SMILES string of the molecule is Cc1c(C)c2c(c(C)c1OCc1ccccc1)CCC(C)(COc1ccc(CC3SC(=O)NC3=O)c3ccccc13)O2.